The zero-order valence-electron chi connectivity index (χ0n) is 24.6. The summed E-state index contributed by atoms with van der Waals surface area (Å²) in [4.78, 5) is 57.0. The van der Waals surface area contributed by atoms with Crippen LogP contribution in [-0.2, 0) is 14.4 Å². The second-order valence-corrected chi connectivity index (χ2v) is 10.9. The van der Waals surface area contributed by atoms with E-state index in [0.717, 1.165) is 12.8 Å². The summed E-state index contributed by atoms with van der Waals surface area (Å²) in [5, 5.41) is 5.58. The lowest BCUT2D eigenvalue weighted by atomic mass is 10.0. The van der Waals surface area contributed by atoms with Gasteiger partial charge in [-0.15, -0.1) is 0 Å². The molecule has 1 fully saturated rings. The average molecular weight is 581 g/mol. The van der Waals surface area contributed by atoms with E-state index in [0.29, 0.717) is 23.8 Å². The number of nitrogens with zero attached hydrogens (tertiary/aromatic N) is 2. The largest absolute Gasteiger partial charge is 0.497 e. The number of methoxy groups -OCH3 is 1. The first-order valence-electron chi connectivity index (χ1n) is 14.3. The van der Waals surface area contributed by atoms with Crippen LogP contribution in [0.1, 0.15) is 43.5 Å². The predicted octanol–water partition coefficient (Wildman–Crippen LogP) is 2.25. The van der Waals surface area contributed by atoms with Crippen LogP contribution in [0, 0.1) is 5.92 Å². The van der Waals surface area contributed by atoms with E-state index in [4.69, 9.17) is 14.2 Å². The fraction of sp³-hybridized carbons (Fsp3) is 0.484. The van der Waals surface area contributed by atoms with Gasteiger partial charge in [0.25, 0.3) is 5.91 Å². The first-order valence-corrected chi connectivity index (χ1v) is 14.3. The molecule has 0 unspecified atom stereocenters. The van der Waals surface area contributed by atoms with Crippen molar-refractivity contribution in [2.24, 2.45) is 5.92 Å². The molecule has 2 N–H and O–H groups in total. The quantitative estimate of drug-likeness (QED) is 0.515. The van der Waals surface area contributed by atoms with Gasteiger partial charge in [-0.25, -0.2) is 0 Å². The van der Waals surface area contributed by atoms with E-state index < -0.39 is 29.8 Å². The molecular weight excluding hydrogens is 540 g/mol. The zero-order valence-corrected chi connectivity index (χ0v) is 24.6. The van der Waals surface area contributed by atoms with E-state index in [-0.39, 0.29) is 49.6 Å². The summed E-state index contributed by atoms with van der Waals surface area (Å²) >= 11 is 0. The maximum Gasteiger partial charge on any atom is 0.255 e. The van der Waals surface area contributed by atoms with Crippen molar-refractivity contribution < 1.29 is 33.4 Å². The second kappa shape index (κ2) is 14.1. The van der Waals surface area contributed by atoms with Gasteiger partial charge in [0.15, 0.2) is 0 Å². The average Bonchev–Trinajstić information content (AvgIpc) is 3.46. The Labute approximate surface area is 246 Å². The zero-order chi connectivity index (χ0) is 30.2. The number of nitrogens with one attached hydrogen (secondary N) is 2. The maximum absolute atomic E-state index is 13.6. The number of ether oxygens (including phenoxy) is 3. The summed E-state index contributed by atoms with van der Waals surface area (Å²) in [5.41, 5.74) is 0.245. The number of amides is 4. The molecular formula is C31H40N4O7. The molecule has 2 aliphatic heterocycles. The van der Waals surface area contributed by atoms with Crippen LogP contribution < -0.4 is 24.8 Å². The van der Waals surface area contributed by atoms with Crippen molar-refractivity contribution in [3.63, 3.8) is 0 Å². The number of fused-ring (bicyclic) bond motifs is 2. The number of carbonyl (C=O) groups is 4. The van der Waals surface area contributed by atoms with Crippen molar-refractivity contribution >= 4 is 23.6 Å². The molecule has 3 atom stereocenters. The number of hydrogen-bond acceptors (Lipinski definition) is 7. The molecule has 0 bridgehead atoms. The summed E-state index contributed by atoms with van der Waals surface area (Å²) in [6.45, 7) is 4.92. The van der Waals surface area contributed by atoms with Crippen molar-refractivity contribution in [1.29, 1.82) is 0 Å². The SMILES string of the molecule is COc1ccc(OCCN(C)C(=O)[C@@H]2CC(=O)N[C@H](C(C)C)C(=O)N3CCC[C@H]3COc3ccccc3C(=O)N2)cc1. The maximum atomic E-state index is 13.6. The van der Waals surface area contributed by atoms with Crippen LogP contribution >= 0.6 is 0 Å². The summed E-state index contributed by atoms with van der Waals surface area (Å²) < 4.78 is 17.0. The topological polar surface area (TPSA) is 127 Å². The number of likely N-dealkylation sites (N-methyl/N-ethyl adjacent to an activating group) is 1. The van der Waals surface area contributed by atoms with Crippen molar-refractivity contribution in [1.82, 2.24) is 20.4 Å². The second-order valence-electron chi connectivity index (χ2n) is 10.9. The molecule has 1 saturated heterocycles. The minimum Gasteiger partial charge on any atom is -0.497 e. The van der Waals surface area contributed by atoms with E-state index in [2.05, 4.69) is 10.6 Å². The minimum atomic E-state index is -1.18. The summed E-state index contributed by atoms with van der Waals surface area (Å²) in [6.07, 6.45) is 1.26. The summed E-state index contributed by atoms with van der Waals surface area (Å²) in [5.74, 6) is -0.182. The normalized spacial score (nSPS) is 21.3. The molecule has 2 aromatic rings. The van der Waals surface area contributed by atoms with Crippen LogP contribution in [-0.4, -0.2) is 92.0 Å². The van der Waals surface area contributed by atoms with Gasteiger partial charge in [-0.05, 0) is 55.2 Å². The third-order valence-electron chi connectivity index (χ3n) is 7.60. The standard InChI is InChI=1S/C31H40N4O7/c1-20(2)28-31(39)35-15-7-8-21(35)19-42-26-10-6-5-9-24(26)29(37)32-25(18-27(36)33-28)30(38)34(3)16-17-41-23-13-11-22(40-4)12-14-23/h5-6,9-14,20-21,25,28H,7-8,15-19H2,1-4H3,(H,32,37)(H,33,36)/t21-,25-,28+/m0/s1. The van der Waals surface area contributed by atoms with Gasteiger partial charge in [0, 0.05) is 13.6 Å². The van der Waals surface area contributed by atoms with E-state index >= 15 is 0 Å². The molecule has 0 radical (unpaired) electrons. The van der Waals surface area contributed by atoms with E-state index in [1.165, 1.54) is 4.90 Å². The number of benzene rings is 2. The predicted molar refractivity (Wildman–Crippen MR) is 155 cm³/mol. The molecule has 2 heterocycles. The molecule has 11 nitrogen and oxygen atoms in total. The smallest absolute Gasteiger partial charge is 0.255 e. The number of para-hydroxylation sites is 1. The Kier molecular flexibility index (Phi) is 10.3. The van der Waals surface area contributed by atoms with Gasteiger partial charge < -0.3 is 34.6 Å². The number of carbonyl (C=O) groups excluding carboxylic acids is 4. The molecule has 11 heteroatoms. The van der Waals surface area contributed by atoms with Gasteiger partial charge >= 0.3 is 0 Å². The third-order valence-corrected chi connectivity index (χ3v) is 7.60. The number of hydrogen-bond donors (Lipinski definition) is 2. The Hall–Kier alpha value is -4.28. The molecule has 4 rings (SSSR count). The molecule has 4 amide bonds. The first-order chi connectivity index (χ1) is 20.2. The van der Waals surface area contributed by atoms with E-state index in [1.807, 2.05) is 13.8 Å². The van der Waals surface area contributed by atoms with Gasteiger partial charge in [0.1, 0.15) is 42.5 Å². The lowest BCUT2D eigenvalue weighted by Gasteiger charge is -2.32. The first kappa shape index (κ1) is 30.7. The highest BCUT2D eigenvalue weighted by Gasteiger charge is 2.37. The van der Waals surface area contributed by atoms with Crippen molar-refractivity contribution in [2.45, 2.75) is 51.2 Å². The molecule has 0 saturated carbocycles. The van der Waals surface area contributed by atoms with E-state index in [9.17, 15) is 19.2 Å². The highest BCUT2D eigenvalue weighted by atomic mass is 16.5. The van der Waals surface area contributed by atoms with Crippen LogP contribution in [0.15, 0.2) is 48.5 Å². The van der Waals surface area contributed by atoms with Crippen LogP contribution in [0.5, 0.6) is 17.2 Å². The lowest BCUT2D eigenvalue weighted by Crippen LogP contribution is -2.55. The Bertz CT molecular complexity index is 1270. The van der Waals surface area contributed by atoms with Crippen LogP contribution in [0.2, 0.25) is 0 Å². The summed E-state index contributed by atoms with van der Waals surface area (Å²) in [7, 11) is 3.16. The minimum absolute atomic E-state index is 0.169. The van der Waals surface area contributed by atoms with Crippen molar-refractivity contribution in [3.05, 3.63) is 54.1 Å². The van der Waals surface area contributed by atoms with Gasteiger partial charge in [-0.3, -0.25) is 19.2 Å². The molecule has 0 spiro atoms. The van der Waals surface area contributed by atoms with Crippen molar-refractivity contribution in [3.8, 4) is 17.2 Å². The van der Waals surface area contributed by atoms with Crippen molar-refractivity contribution in [2.75, 3.05) is 40.5 Å². The fourth-order valence-electron chi connectivity index (χ4n) is 5.16. The summed E-state index contributed by atoms with van der Waals surface area (Å²) in [6, 6.07) is 11.7. The molecule has 2 aromatic carbocycles. The molecule has 226 valence electrons. The van der Waals surface area contributed by atoms with Gasteiger partial charge in [0.2, 0.25) is 17.7 Å². The van der Waals surface area contributed by atoms with Gasteiger partial charge in [-0.2, -0.15) is 0 Å². The van der Waals surface area contributed by atoms with E-state index in [1.54, 1.807) is 67.6 Å². The third kappa shape index (κ3) is 7.51. The number of rotatable bonds is 7. The highest BCUT2D eigenvalue weighted by Crippen LogP contribution is 2.24. The van der Waals surface area contributed by atoms with Crippen LogP contribution in [0.25, 0.3) is 0 Å². The molecule has 0 aliphatic carbocycles. The monoisotopic (exact) mass is 580 g/mol. The Morgan fingerprint density at radius 2 is 1.79 bits per heavy atom. The Morgan fingerprint density at radius 1 is 1.07 bits per heavy atom. The molecule has 2 aliphatic rings. The van der Waals surface area contributed by atoms with Crippen LogP contribution in [0.3, 0.4) is 0 Å². The lowest BCUT2D eigenvalue weighted by molar-refractivity contribution is -0.139. The molecule has 0 aromatic heterocycles. The Morgan fingerprint density at radius 3 is 2.50 bits per heavy atom. The van der Waals surface area contributed by atoms with Gasteiger partial charge in [0.05, 0.1) is 31.7 Å². The molecule has 42 heavy (non-hydrogen) atoms. The van der Waals surface area contributed by atoms with Crippen LogP contribution in [0.4, 0.5) is 0 Å². The van der Waals surface area contributed by atoms with Gasteiger partial charge in [-0.1, -0.05) is 26.0 Å². The Balaban J connectivity index is 1.53. The highest BCUT2D eigenvalue weighted by molar-refractivity contribution is 6.01. The fourth-order valence-corrected chi connectivity index (χ4v) is 5.16.